The lowest BCUT2D eigenvalue weighted by Crippen LogP contribution is -2.39. The van der Waals surface area contributed by atoms with Crippen LogP contribution in [0.15, 0.2) is 27.8 Å². The van der Waals surface area contributed by atoms with Crippen LogP contribution < -0.4 is 11.2 Å². The molecular weight excluding hydrogens is 336 g/mol. The number of aryl methyl sites for hydroxylation is 2. The summed E-state index contributed by atoms with van der Waals surface area (Å²) in [5, 5.41) is 19.5. The fourth-order valence-electron chi connectivity index (χ4n) is 2.94. The number of fused-ring (bicyclic) bond motifs is 1. The summed E-state index contributed by atoms with van der Waals surface area (Å²) in [5.74, 6) is -0.000537. The van der Waals surface area contributed by atoms with E-state index in [1.807, 2.05) is 6.92 Å². The average molecular weight is 356 g/mol. The van der Waals surface area contributed by atoms with Crippen LogP contribution >= 0.6 is 0 Å². The zero-order valence-electron chi connectivity index (χ0n) is 14.8. The Morgan fingerprint density at radius 2 is 1.77 bits per heavy atom. The van der Waals surface area contributed by atoms with Crippen LogP contribution in [0.3, 0.4) is 0 Å². The number of nitrogens with zero attached hydrogens (tertiary/aromatic N) is 4. The highest BCUT2D eigenvalue weighted by Gasteiger charge is 2.17. The van der Waals surface area contributed by atoms with E-state index >= 15 is 0 Å². The van der Waals surface area contributed by atoms with Crippen molar-refractivity contribution in [3.63, 3.8) is 0 Å². The van der Waals surface area contributed by atoms with Gasteiger partial charge in [-0.2, -0.15) is 0 Å². The Balaban J connectivity index is 2.23. The average Bonchev–Trinajstić information content (AvgIpc) is 2.94. The third-order valence-corrected chi connectivity index (χ3v) is 4.37. The van der Waals surface area contributed by atoms with Crippen molar-refractivity contribution in [1.29, 1.82) is 0 Å². The zero-order chi connectivity index (χ0) is 19.0. The number of phenolic OH excluding ortho intramolecular Hbond substituents is 2. The van der Waals surface area contributed by atoms with E-state index < -0.39 is 0 Å². The number of para-hydroxylation sites is 1. The number of rotatable bonds is 4. The molecule has 1 aromatic carbocycles. The van der Waals surface area contributed by atoms with Gasteiger partial charge in [-0.15, -0.1) is 0 Å². The van der Waals surface area contributed by atoms with Gasteiger partial charge in [0.05, 0.1) is 0 Å². The van der Waals surface area contributed by atoms with Gasteiger partial charge in [0.25, 0.3) is 5.56 Å². The molecule has 3 aromatic rings. The van der Waals surface area contributed by atoms with Gasteiger partial charge in [0.15, 0.2) is 22.7 Å². The molecule has 136 valence electrons. The number of imidazole rings is 1. The molecule has 0 radical (unpaired) electrons. The second-order valence-corrected chi connectivity index (χ2v) is 5.83. The minimum Gasteiger partial charge on any atom is -0.504 e. The molecule has 2 N–H and O–H groups in total. The van der Waals surface area contributed by atoms with Gasteiger partial charge in [0.1, 0.15) is 5.82 Å². The number of aromatic hydroxyl groups is 2. The molecule has 8 nitrogen and oxygen atoms in total. The molecular formula is C18H20N4O4. The summed E-state index contributed by atoms with van der Waals surface area (Å²) in [4.78, 5) is 29.5. The first-order valence-corrected chi connectivity index (χ1v) is 8.29. The Labute approximate surface area is 148 Å². The fourth-order valence-corrected chi connectivity index (χ4v) is 2.94. The fraction of sp³-hybridized carbons (Fsp3) is 0.278. The number of phenols is 2. The summed E-state index contributed by atoms with van der Waals surface area (Å²) in [6, 6.07) is 4.63. The molecule has 0 saturated heterocycles. The third-order valence-electron chi connectivity index (χ3n) is 4.37. The topological polar surface area (TPSA) is 102 Å². The second kappa shape index (κ2) is 6.55. The van der Waals surface area contributed by atoms with Crippen molar-refractivity contribution in [3.05, 3.63) is 50.4 Å². The minimum atomic E-state index is -0.383. The molecule has 2 heterocycles. The summed E-state index contributed by atoms with van der Waals surface area (Å²) in [5.41, 5.74) is 0.317. The van der Waals surface area contributed by atoms with Crippen molar-refractivity contribution in [2.75, 3.05) is 0 Å². The van der Waals surface area contributed by atoms with Crippen molar-refractivity contribution in [2.24, 2.45) is 7.05 Å². The minimum absolute atomic E-state index is 0.220. The molecule has 0 amide bonds. The van der Waals surface area contributed by atoms with Gasteiger partial charge in [-0.05, 0) is 32.1 Å². The maximum absolute atomic E-state index is 12.6. The van der Waals surface area contributed by atoms with Crippen molar-refractivity contribution < 1.29 is 10.2 Å². The van der Waals surface area contributed by atoms with Crippen LogP contribution in [0.25, 0.3) is 23.3 Å². The van der Waals surface area contributed by atoms with Crippen LogP contribution in [-0.4, -0.2) is 28.9 Å². The lowest BCUT2D eigenvalue weighted by Gasteiger charge is -2.08. The predicted molar refractivity (Wildman–Crippen MR) is 99.3 cm³/mol. The van der Waals surface area contributed by atoms with Gasteiger partial charge in [-0.1, -0.05) is 12.1 Å². The quantitative estimate of drug-likeness (QED) is 0.690. The van der Waals surface area contributed by atoms with E-state index in [4.69, 9.17) is 0 Å². The summed E-state index contributed by atoms with van der Waals surface area (Å²) < 4.78 is 4.26. The number of aromatic nitrogens is 4. The maximum Gasteiger partial charge on any atom is 0.332 e. The second-order valence-electron chi connectivity index (χ2n) is 5.83. The van der Waals surface area contributed by atoms with Crippen LogP contribution in [0.1, 0.15) is 25.2 Å². The predicted octanol–water partition coefficient (Wildman–Crippen LogP) is 1.52. The van der Waals surface area contributed by atoms with Crippen molar-refractivity contribution >= 4 is 23.3 Å². The lowest BCUT2D eigenvalue weighted by molar-refractivity contribution is 0.403. The maximum atomic E-state index is 12.6. The molecule has 0 aliphatic carbocycles. The van der Waals surface area contributed by atoms with Crippen molar-refractivity contribution in [3.8, 4) is 11.5 Å². The molecule has 2 aromatic heterocycles. The standard InChI is InChI=1S/C18H20N4O4/c1-4-21-16-14(17(25)22(5-2)18(21)26)20(3)13(19-16)10-9-11-7-6-8-12(23)15(11)24/h6-10,23-24H,4-5H2,1-3H3. The van der Waals surface area contributed by atoms with Gasteiger partial charge in [0.2, 0.25) is 0 Å². The Morgan fingerprint density at radius 1 is 1.08 bits per heavy atom. The Morgan fingerprint density at radius 3 is 2.42 bits per heavy atom. The van der Waals surface area contributed by atoms with E-state index in [9.17, 15) is 19.8 Å². The molecule has 3 rings (SSSR count). The molecule has 0 fully saturated rings. The highest BCUT2D eigenvalue weighted by atomic mass is 16.3. The van der Waals surface area contributed by atoms with Crippen LogP contribution in [0.2, 0.25) is 0 Å². The Kier molecular flexibility index (Phi) is 4.41. The van der Waals surface area contributed by atoms with E-state index in [1.165, 1.54) is 15.2 Å². The third kappa shape index (κ3) is 2.59. The van der Waals surface area contributed by atoms with Crippen LogP contribution in [0.4, 0.5) is 0 Å². The highest BCUT2D eigenvalue weighted by Crippen LogP contribution is 2.29. The van der Waals surface area contributed by atoms with E-state index in [1.54, 1.807) is 42.8 Å². The number of benzene rings is 1. The normalized spacial score (nSPS) is 11.7. The largest absolute Gasteiger partial charge is 0.504 e. The molecule has 0 aliphatic heterocycles. The smallest absolute Gasteiger partial charge is 0.332 e. The monoisotopic (exact) mass is 356 g/mol. The van der Waals surface area contributed by atoms with Crippen LogP contribution in [0.5, 0.6) is 11.5 Å². The van der Waals surface area contributed by atoms with E-state index in [0.29, 0.717) is 29.1 Å². The number of hydrogen-bond donors (Lipinski definition) is 2. The van der Waals surface area contributed by atoms with E-state index in [2.05, 4.69) is 4.98 Å². The molecule has 0 spiro atoms. The lowest BCUT2D eigenvalue weighted by atomic mass is 10.1. The molecule has 0 atom stereocenters. The first-order valence-electron chi connectivity index (χ1n) is 8.29. The molecule has 0 aliphatic rings. The number of hydrogen-bond acceptors (Lipinski definition) is 5. The Hall–Kier alpha value is -3.29. The van der Waals surface area contributed by atoms with Crippen LogP contribution in [0, 0.1) is 0 Å². The Bertz CT molecular complexity index is 1130. The van der Waals surface area contributed by atoms with Crippen molar-refractivity contribution in [1.82, 2.24) is 18.7 Å². The van der Waals surface area contributed by atoms with Crippen molar-refractivity contribution in [2.45, 2.75) is 26.9 Å². The SMILES string of the molecule is CCn1c(=O)c2c(nc(C=Cc3cccc(O)c3O)n2C)n(CC)c1=O. The molecule has 8 heteroatoms. The summed E-state index contributed by atoms with van der Waals surface area (Å²) in [6.45, 7) is 4.24. The zero-order valence-corrected chi connectivity index (χ0v) is 14.8. The summed E-state index contributed by atoms with van der Waals surface area (Å²) in [7, 11) is 1.70. The van der Waals surface area contributed by atoms with Crippen LogP contribution in [-0.2, 0) is 20.1 Å². The van der Waals surface area contributed by atoms with Gasteiger partial charge < -0.3 is 14.8 Å². The molecule has 0 bridgehead atoms. The van der Waals surface area contributed by atoms with E-state index in [0.717, 1.165) is 0 Å². The first-order chi connectivity index (χ1) is 12.4. The summed E-state index contributed by atoms with van der Waals surface area (Å²) in [6.07, 6.45) is 3.21. The summed E-state index contributed by atoms with van der Waals surface area (Å²) >= 11 is 0. The van der Waals surface area contributed by atoms with Gasteiger partial charge in [-0.3, -0.25) is 13.9 Å². The van der Waals surface area contributed by atoms with Gasteiger partial charge in [-0.25, -0.2) is 9.78 Å². The first kappa shape index (κ1) is 17.5. The molecule has 0 saturated carbocycles. The van der Waals surface area contributed by atoms with E-state index in [-0.39, 0.29) is 29.3 Å². The molecule has 0 unspecified atom stereocenters. The van der Waals surface area contributed by atoms with Gasteiger partial charge >= 0.3 is 5.69 Å². The van der Waals surface area contributed by atoms with Gasteiger partial charge in [0, 0.05) is 25.7 Å². The molecule has 26 heavy (non-hydrogen) atoms. The highest BCUT2D eigenvalue weighted by molar-refractivity contribution is 5.78.